The fourth-order valence-electron chi connectivity index (χ4n) is 6.25. The highest BCUT2D eigenvalue weighted by molar-refractivity contribution is 6.03. The Hall–Kier alpha value is -3.04. The summed E-state index contributed by atoms with van der Waals surface area (Å²) < 4.78 is 19.8. The second kappa shape index (κ2) is 8.48. The molecule has 0 aliphatic heterocycles. The molecule has 0 aromatic heterocycles. The lowest BCUT2D eigenvalue weighted by Gasteiger charge is -2.48. The van der Waals surface area contributed by atoms with E-state index >= 15 is 0 Å². The van der Waals surface area contributed by atoms with Crippen LogP contribution in [-0.2, 0) is 38.1 Å². The van der Waals surface area contributed by atoms with Crippen molar-refractivity contribution in [3.8, 4) is 0 Å². The molecule has 4 unspecified atom stereocenters. The van der Waals surface area contributed by atoms with Crippen molar-refractivity contribution in [2.45, 2.75) is 38.5 Å². The van der Waals surface area contributed by atoms with Crippen LogP contribution in [0.15, 0.2) is 22.7 Å². The molecule has 3 rings (SSSR count). The summed E-state index contributed by atoms with van der Waals surface area (Å²) in [5, 5.41) is 22.5. The number of hydrogen-bond acceptors (Lipinski definition) is 10. The van der Waals surface area contributed by atoms with Crippen LogP contribution in [0.3, 0.4) is 0 Å². The van der Waals surface area contributed by atoms with Crippen molar-refractivity contribution in [1.82, 2.24) is 0 Å². The van der Waals surface area contributed by atoms with E-state index in [1.807, 2.05) is 0 Å². The lowest BCUT2D eigenvalue weighted by molar-refractivity contribution is -0.160. The molecule has 1 saturated carbocycles. The quantitative estimate of drug-likeness (QED) is 0.479. The average molecular weight is 452 g/mol. The number of ether oxygens (including phenoxy) is 4. The van der Waals surface area contributed by atoms with Crippen molar-refractivity contribution in [2.75, 3.05) is 28.4 Å². The first-order valence-electron chi connectivity index (χ1n) is 10.4. The summed E-state index contributed by atoms with van der Waals surface area (Å²) in [7, 11) is 4.43. The molecule has 0 spiro atoms. The van der Waals surface area contributed by atoms with Gasteiger partial charge in [-0.05, 0) is 12.8 Å². The number of carbonyl (C=O) groups is 4. The minimum atomic E-state index is -1.66. The smallest absolute Gasteiger partial charge is 0.337 e. The van der Waals surface area contributed by atoms with E-state index in [0.717, 1.165) is 41.3 Å². The fourth-order valence-corrected chi connectivity index (χ4v) is 6.25. The van der Waals surface area contributed by atoms with Crippen LogP contribution in [0, 0.1) is 22.7 Å². The predicted octanol–water partition coefficient (Wildman–Crippen LogP) is 1.89. The Bertz CT molecular complexity index is 842. The fraction of sp³-hybridized carbons (Fsp3) is 0.636. The van der Waals surface area contributed by atoms with Crippen LogP contribution in [0.25, 0.3) is 0 Å². The molecule has 32 heavy (non-hydrogen) atoms. The van der Waals surface area contributed by atoms with Crippen LogP contribution < -0.4 is 0 Å². The zero-order valence-corrected chi connectivity index (χ0v) is 18.6. The first-order valence-corrected chi connectivity index (χ1v) is 10.4. The Morgan fingerprint density at radius 1 is 0.656 bits per heavy atom. The summed E-state index contributed by atoms with van der Waals surface area (Å²) in [6.07, 6.45) is 2.71. The summed E-state index contributed by atoms with van der Waals surface area (Å²) >= 11 is 0. The molecule has 1 fully saturated rings. The first-order chi connectivity index (χ1) is 15.2. The Kier molecular flexibility index (Phi) is 6.26. The molecule has 0 bridgehead atoms. The van der Waals surface area contributed by atoms with Gasteiger partial charge in [-0.15, -0.1) is 0 Å². The van der Waals surface area contributed by atoms with Crippen LogP contribution in [0.1, 0.15) is 38.5 Å². The lowest BCUT2D eigenvalue weighted by atomic mass is 9.51. The Balaban J connectivity index is 2.52. The van der Waals surface area contributed by atoms with Gasteiger partial charge in [0.2, 0.25) is 0 Å². The second-order valence-electron chi connectivity index (χ2n) is 8.27. The van der Waals surface area contributed by atoms with E-state index in [4.69, 9.17) is 18.9 Å². The van der Waals surface area contributed by atoms with Gasteiger partial charge < -0.3 is 29.2 Å². The van der Waals surface area contributed by atoms with Crippen molar-refractivity contribution in [3.63, 3.8) is 0 Å². The highest BCUT2D eigenvalue weighted by Crippen LogP contribution is 2.75. The third kappa shape index (κ3) is 2.77. The molecule has 0 heterocycles. The van der Waals surface area contributed by atoms with Crippen molar-refractivity contribution >= 4 is 23.9 Å². The number of hydrogen-bond donors (Lipinski definition) is 2. The molecule has 0 saturated heterocycles. The maximum atomic E-state index is 13.0. The lowest BCUT2D eigenvalue weighted by Crippen LogP contribution is -2.51. The SMILES string of the molecule is COC(=O)C1=C(O)C(C(=O)OC)C23CCCCCCC12C(C(=O)OC)C(O)=C3C(=O)OC. The second-order valence-corrected chi connectivity index (χ2v) is 8.27. The molecule has 3 aliphatic carbocycles. The average Bonchev–Trinajstić information content (AvgIpc) is 3.09. The van der Waals surface area contributed by atoms with Gasteiger partial charge >= 0.3 is 23.9 Å². The Morgan fingerprint density at radius 3 is 1.28 bits per heavy atom. The third-order valence-electron chi connectivity index (χ3n) is 7.28. The summed E-state index contributed by atoms with van der Waals surface area (Å²) in [6, 6.07) is 0. The van der Waals surface area contributed by atoms with E-state index in [1.165, 1.54) is 0 Å². The molecule has 0 aromatic carbocycles. The molecule has 10 heteroatoms. The van der Waals surface area contributed by atoms with Gasteiger partial charge in [-0.25, -0.2) is 9.59 Å². The molecule has 0 radical (unpaired) electrons. The number of aliphatic hydroxyl groups is 2. The molecular formula is C22H28O10. The number of methoxy groups -OCH3 is 4. The van der Waals surface area contributed by atoms with Crippen LogP contribution in [-0.4, -0.2) is 62.5 Å². The first kappa shape index (κ1) is 23.6. The Labute approximate surface area is 185 Å². The van der Waals surface area contributed by atoms with Gasteiger partial charge in [-0.2, -0.15) is 0 Å². The van der Waals surface area contributed by atoms with Gasteiger partial charge in [0.25, 0.3) is 0 Å². The summed E-state index contributed by atoms with van der Waals surface area (Å²) in [5.74, 6) is -8.06. The van der Waals surface area contributed by atoms with Crippen molar-refractivity contribution in [3.05, 3.63) is 22.7 Å². The zero-order chi connectivity index (χ0) is 23.8. The van der Waals surface area contributed by atoms with Crippen LogP contribution in [0.2, 0.25) is 0 Å². The number of aliphatic hydroxyl groups excluding tert-OH is 2. The summed E-state index contributed by atoms with van der Waals surface area (Å²) in [4.78, 5) is 52.1. The molecule has 0 aromatic rings. The van der Waals surface area contributed by atoms with Crippen molar-refractivity contribution < 1.29 is 48.3 Å². The molecule has 4 atom stereocenters. The maximum absolute atomic E-state index is 13.0. The maximum Gasteiger partial charge on any atom is 0.337 e. The summed E-state index contributed by atoms with van der Waals surface area (Å²) in [5.41, 5.74) is -3.97. The van der Waals surface area contributed by atoms with E-state index in [2.05, 4.69) is 0 Å². The number of esters is 4. The largest absolute Gasteiger partial charge is 0.511 e. The minimum absolute atomic E-state index is 0.110. The van der Waals surface area contributed by atoms with Gasteiger partial charge in [-0.3, -0.25) is 9.59 Å². The van der Waals surface area contributed by atoms with Gasteiger partial charge in [0.1, 0.15) is 23.4 Å². The van der Waals surface area contributed by atoms with Gasteiger partial charge in [0, 0.05) is 10.8 Å². The van der Waals surface area contributed by atoms with Crippen molar-refractivity contribution in [2.24, 2.45) is 22.7 Å². The third-order valence-corrected chi connectivity index (χ3v) is 7.28. The summed E-state index contributed by atoms with van der Waals surface area (Å²) in [6.45, 7) is 0. The van der Waals surface area contributed by atoms with Gasteiger partial charge in [0.05, 0.1) is 39.6 Å². The topological polar surface area (TPSA) is 146 Å². The molecule has 0 amide bonds. The molecule has 3 aliphatic rings. The highest BCUT2D eigenvalue weighted by Gasteiger charge is 2.79. The zero-order valence-electron chi connectivity index (χ0n) is 18.6. The van der Waals surface area contributed by atoms with E-state index in [-0.39, 0.29) is 24.0 Å². The van der Waals surface area contributed by atoms with Crippen LogP contribution >= 0.6 is 0 Å². The van der Waals surface area contributed by atoms with Crippen LogP contribution in [0.4, 0.5) is 0 Å². The van der Waals surface area contributed by atoms with E-state index < -0.39 is 58.1 Å². The number of carbonyl (C=O) groups excluding carboxylic acids is 4. The van der Waals surface area contributed by atoms with E-state index in [1.54, 1.807) is 0 Å². The normalized spacial score (nSPS) is 31.8. The van der Waals surface area contributed by atoms with Crippen LogP contribution in [0.5, 0.6) is 0 Å². The standard InChI is InChI=1S/C22H28O10/c1-29-17(25)11-15(23)12(18(26)30-2)22-10-8-6-5-7-9-21(11,22)13(19(27)31-3)16(24)14(22)20(28)32-4/h11,14,23-24H,5-10H2,1-4H3. The predicted molar refractivity (Wildman–Crippen MR) is 107 cm³/mol. The minimum Gasteiger partial charge on any atom is -0.511 e. The molecule has 176 valence electrons. The Morgan fingerprint density at radius 2 is 1.00 bits per heavy atom. The molecular weight excluding hydrogens is 424 g/mol. The number of rotatable bonds is 4. The van der Waals surface area contributed by atoms with Crippen molar-refractivity contribution in [1.29, 1.82) is 0 Å². The van der Waals surface area contributed by atoms with E-state index in [0.29, 0.717) is 12.8 Å². The van der Waals surface area contributed by atoms with Gasteiger partial charge in [-0.1, -0.05) is 25.7 Å². The molecule has 10 nitrogen and oxygen atoms in total. The van der Waals surface area contributed by atoms with E-state index in [9.17, 15) is 29.4 Å². The highest BCUT2D eigenvalue weighted by atomic mass is 16.5. The van der Waals surface area contributed by atoms with Gasteiger partial charge in [0.15, 0.2) is 0 Å². The molecule has 2 N–H and O–H groups in total. The monoisotopic (exact) mass is 452 g/mol.